The van der Waals surface area contributed by atoms with Crippen LogP contribution in [0.25, 0.3) is 0 Å². The van der Waals surface area contributed by atoms with Crippen LogP contribution in [0.1, 0.15) is 16.8 Å². The fourth-order valence-corrected chi connectivity index (χ4v) is 1.56. The van der Waals surface area contributed by atoms with Gasteiger partial charge in [-0.2, -0.15) is 13.2 Å². The zero-order valence-electron chi connectivity index (χ0n) is 9.44. The predicted octanol–water partition coefficient (Wildman–Crippen LogP) is 2.57. The highest BCUT2D eigenvalue weighted by Gasteiger charge is 2.26. The summed E-state index contributed by atoms with van der Waals surface area (Å²) in [6.07, 6.45) is -3.86. The number of halogens is 4. The van der Waals surface area contributed by atoms with E-state index in [1.807, 2.05) is 0 Å². The van der Waals surface area contributed by atoms with Crippen molar-refractivity contribution >= 4 is 27.7 Å². The molecule has 0 unspecified atom stereocenters. The van der Waals surface area contributed by atoms with Crippen molar-refractivity contribution in [2.24, 2.45) is 0 Å². The molecule has 0 aliphatic carbocycles. The molecule has 0 radical (unpaired) electrons. The third-order valence-corrected chi connectivity index (χ3v) is 2.46. The first-order valence-electron chi connectivity index (χ1n) is 5.01. The summed E-state index contributed by atoms with van der Waals surface area (Å²) in [5.74, 6) is -0.292. The van der Waals surface area contributed by atoms with Crippen molar-refractivity contribution < 1.29 is 18.0 Å². The van der Waals surface area contributed by atoms with Gasteiger partial charge in [0.25, 0.3) is 5.91 Å². The first kappa shape index (κ1) is 14.7. The van der Waals surface area contributed by atoms with Gasteiger partial charge in [0.15, 0.2) is 0 Å². The van der Waals surface area contributed by atoms with Crippen molar-refractivity contribution in [3.8, 4) is 0 Å². The van der Waals surface area contributed by atoms with Gasteiger partial charge in [0.1, 0.15) is 5.82 Å². The number of carbonyl (C=O) groups is 1. The summed E-state index contributed by atoms with van der Waals surface area (Å²) in [7, 11) is 1.57. The van der Waals surface area contributed by atoms with Crippen LogP contribution in [0.4, 0.5) is 19.0 Å². The summed E-state index contributed by atoms with van der Waals surface area (Å²) in [5, 5.41) is 4.89. The molecule has 4 nitrogen and oxygen atoms in total. The molecular weight excluding hydrogens is 315 g/mol. The zero-order chi connectivity index (χ0) is 13.8. The summed E-state index contributed by atoms with van der Waals surface area (Å²) in [6.45, 7) is -0.460. The largest absolute Gasteiger partial charge is 0.390 e. The number of hydrogen-bond acceptors (Lipinski definition) is 3. The first-order valence-corrected chi connectivity index (χ1v) is 5.81. The molecule has 0 atom stereocenters. The number of anilines is 1. The number of rotatable bonds is 4. The fourth-order valence-electron chi connectivity index (χ4n) is 1.22. The molecule has 1 aromatic rings. The Bertz CT molecular complexity index is 437. The minimum absolute atomic E-state index is 0.189. The molecule has 1 aromatic heterocycles. The summed E-state index contributed by atoms with van der Waals surface area (Å²) < 4.78 is 36.4. The lowest BCUT2D eigenvalue weighted by molar-refractivity contribution is -0.132. The minimum atomic E-state index is -4.28. The molecule has 0 bridgehead atoms. The average Bonchev–Trinajstić information content (AvgIpc) is 2.27. The summed E-state index contributed by atoms with van der Waals surface area (Å²) in [4.78, 5) is 15.6. The van der Waals surface area contributed by atoms with E-state index in [9.17, 15) is 18.0 Å². The number of alkyl halides is 3. The fraction of sp³-hybridized carbons (Fsp3) is 0.400. The molecule has 0 fully saturated rings. The Morgan fingerprint density at radius 2 is 2.17 bits per heavy atom. The van der Waals surface area contributed by atoms with Crippen LogP contribution in [0.5, 0.6) is 0 Å². The zero-order valence-corrected chi connectivity index (χ0v) is 11.0. The van der Waals surface area contributed by atoms with Crippen LogP contribution in [0.3, 0.4) is 0 Å². The minimum Gasteiger partial charge on any atom is -0.372 e. The average molecular weight is 326 g/mol. The standard InChI is InChI=1S/C10H11BrF3N3O/c1-15-8-7(4-6(11)5-17-8)9(18)16-3-2-10(12,13)14/h4-5H,2-3H2,1H3,(H,15,17)(H,16,18). The number of aromatic nitrogens is 1. The van der Waals surface area contributed by atoms with Crippen LogP contribution in [0, 0.1) is 0 Å². The highest BCUT2D eigenvalue weighted by Crippen LogP contribution is 2.19. The maximum absolute atomic E-state index is 11.9. The first-order chi connectivity index (χ1) is 8.33. The molecule has 0 aliphatic heterocycles. The number of pyridine rings is 1. The van der Waals surface area contributed by atoms with Gasteiger partial charge in [-0.3, -0.25) is 4.79 Å². The van der Waals surface area contributed by atoms with E-state index < -0.39 is 25.0 Å². The van der Waals surface area contributed by atoms with E-state index in [1.165, 1.54) is 12.3 Å². The van der Waals surface area contributed by atoms with Gasteiger partial charge in [-0.1, -0.05) is 0 Å². The number of hydrogen-bond donors (Lipinski definition) is 2. The number of carbonyl (C=O) groups excluding carboxylic acids is 1. The normalized spacial score (nSPS) is 11.2. The molecule has 1 heterocycles. The third-order valence-electron chi connectivity index (χ3n) is 2.03. The molecule has 1 rings (SSSR count). The van der Waals surface area contributed by atoms with E-state index in [4.69, 9.17) is 0 Å². The Morgan fingerprint density at radius 1 is 1.50 bits per heavy atom. The molecule has 2 N–H and O–H groups in total. The highest BCUT2D eigenvalue weighted by molar-refractivity contribution is 9.10. The maximum Gasteiger partial charge on any atom is 0.390 e. The summed E-state index contributed by atoms with van der Waals surface area (Å²) in [6, 6.07) is 1.49. The number of nitrogens with zero attached hydrogens (tertiary/aromatic N) is 1. The molecule has 1 amide bonds. The third kappa shape index (κ3) is 4.52. The second kappa shape index (κ2) is 6.03. The molecule has 0 aliphatic rings. The van der Waals surface area contributed by atoms with Crippen LogP contribution in [-0.4, -0.2) is 30.7 Å². The van der Waals surface area contributed by atoms with Crippen molar-refractivity contribution in [1.29, 1.82) is 0 Å². The van der Waals surface area contributed by atoms with Gasteiger partial charge in [-0.15, -0.1) is 0 Å². The summed E-state index contributed by atoms with van der Waals surface area (Å²) >= 11 is 3.14. The van der Waals surface area contributed by atoms with Crippen LogP contribution < -0.4 is 10.6 Å². The molecule has 0 spiro atoms. The van der Waals surface area contributed by atoms with Crippen molar-refractivity contribution in [2.75, 3.05) is 18.9 Å². The van der Waals surface area contributed by atoms with Gasteiger partial charge in [0.05, 0.1) is 12.0 Å². The molecule has 0 saturated heterocycles. The van der Waals surface area contributed by atoms with Gasteiger partial charge in [-0.05, 0) is 22.0 Å². The van der Waals surface area contributed by atoms with E-state index in [2.05, 4.69) is 31.5 Å². The van der Waals surface area contributed by atoms with Gasteiger partial charge in [0, 0.05) is 24.3 Å². The van der Waals surface area contributed by atoms with Crippen LogP contribution >= 0.6 is 15.9 Å². The van der Waals surface area contributed by atoms with Crippen molar-refractivity contribution in [3.63, 3.8) is 0 Å². The molecule has 0 aromatic carbocycles. The van der Waals surface area contributed by atoms with E-state index >= 15 is 0 Å². The smallest absolute Gasteiger partial charge is 0.372 e. The second-order valence-corrected chi connectivity index (χ2v) is 4.34. The molecule has 18 heavy (non-hydrogen) atoms. The Morgan fingerprint density at radius 3 is 2.72 bits per heavy atom. The van der Waals surface area contributed by atoms with Crippen molar-refractivity contribution in [1.82, 2.24) is 10.3 Å². The van der Waals surface area contributed by atoms with Gasteiger partial charge in [-0.25, -0.2) is 4.98 Å². The topological polar surface area (TPSA) is 54.0 Å². The Balaban J connectivity index is 2.69. The highest BCUT2D eigenvalue weighted by atomic mass is 79.9. The van der Waals surface area contributed by atoms with Gasteiger partial charge in [0.2, 0.25) is 0 Å². The SMILES string of the molecule is CNc1ncc(Br)cc1C(=O)NCCC(F)(F)F. The Kier molecular flexibility index (Phi) is 4.94. The lowest BCUT2D eigenvalue weighted by atomic mass is 10.2. The van der Waals surface area contributed by atoms with E-state index in [1.54, 1.807) is 7.05 Å². The maximum atomic E-state index is 11.9. The van der Waals surface area contributed by atoms with Crippen LogP contribution in [0.15, 0.2) is 16.7 Å². The second-order valence-electron chi connectivity index (χ2n) is 3.42. The van der Waals surface area contributed by atoms with Crippen molar-refractivity contribution in [3.05, 3.63) is 22.3 Å². The van der Waals surface area contributed by atoms with E-state index in [0.717, 1.165) is 0 Å². The van der Waals surface area contributed by atoms with Crippen LogP contribution in [0.2, 0.25) is 0 Å². The van der Waals surface area contributed by atoms with E-state index in [0.29, 0.717) is 10.3 Å². The monoisotopic (exact) mass is 325 g/mol. The summed E-state index contributed by atoms with van der Waals surface area (Å²) in [5.41, 5.74) is 0.189. The number of amides is 1. The van der Waals surface area contributed by atoms with E-state index in [-0.39, 0.29) is 5.56 Å². The lowest BCUT2D eigenvalue weighted by Crippen LogP contribution is -2.28. The Labute approximate surface area is 110 Å². The van der Waals surface area contributed by atoms with Crippen molar-refractivity contribution in [2.45, 2.75) is 12.6 Å². The number of nitrogens with one attached hydrogen (secondary N) is 2. The quantitative estimate of drug-likeness (QED) is 0.894. The molecule has 100 valence electrons. The van der Waals surface area contributed by atoms with Gasteiger partial charge < -0.3 is 10.6 Å². The lowest BCUT2D eigenvalue weighted by Gasteiger charge is -2.10. The molecule has 0 saturated carbocycles. The molecular formula is C10H11BrF3N3O. The van der Waals surface area contributed by atoms with Gasteiger partial charge >= 0.3 is 6.18 Å². The Hall–Kier alpha value is -1.31. The molecule has 8 heteroatoms. The predicted molar refractivity (Wildman–Crippen MR) is 64.5 cm³/mol. The van der Waals surface area contributed by atoms with Crippen LogP contribution in [-0.2, 0) is 0 Å².